The number of carbonyl (C=O) groups is 1. The zero-order valence-corrected chi connectivity index (χ0v) is 14.3. The van der Waals surface area contributed by atoms with Crippen molar-refractivity contribution in [1.29, 1.82) is 0 Å². The van der Waals surface area contributed by atoms with E-state index in [0.717, 1.165) is 11.8 Å². The van der Waals surface area contributed by atoms with Crippen molar-refractivity contribution in [2.24, 2.45) is 0 Å². The maximum Gasteiger partial charge on any atom is 0.225 e. The van der Waals surface area contributed by atoms with Gasteiger partial charge in [-0.3, -0.25) is 4.79 Å². The molecule has 0 saturated heterocycles. The number of carbonyl (C=O) groups excluding carboxylic acids is 1. The second-order valence-corrected chi connectivity index (χ2v) is 7.60. The molecule has 0 aliphatic carbocycles. The second kappa shape index (κ2) is 7.24. The van der Waals surface area contributed by atoms with Crippen LogP contribution in [0.4, 0.5) is 5.69 Å². The second-order valence-electron chi connectivity index (χ2n) is 5.22. The lowest BCUT2D eigenvalue weighted by Crippen LogP contribution is -2.38. The minimum absolute atomic E-state index is 0.104. The molecule has 0 fully saturated rings. The summed E-state index contributed by atoms with van der Waals surface area (Å²) in [7, 11) is -3.31. The fourth-order valence-corrected chi connectivity index (χ4v) is 3.41. The van der Waals surface area contributed by atoms with Gasteiger partial charge in [0.2, 0.25) is 15.9 Å². The summed E-state index contributed by atoms with van der Waals surface area (Å²) in [5, 5.41) is 3.37. The van der Waals surface area contributed by atoms with E-state index in [1.54, 1.807) is 32.0 Å². The van der Waals surface area contributed by atoms with Crippen molar-refractivity contribution in [3.63, 3.8) is 0 Å². The first kappa shape index (κ1) is 17.9. The predicted molar refractivity (Wildman–Crippen MR) is 86.1 cm³/mol. The van der Waals surface area contributed by atoms with Gasteiger partial charge in [-0.1, -0.05) is 11.6 Å². The molecule has 0 radical (unpaired) electrons. The molecule has 1 aromatic carbocycles. The molecule has 0 aromatic heterocycles. The van der Waals surface area contributed by atoms with Crippen LogP contribution in [-0.4, -0.2) is 37.5 Å². The van der Waals surface area contributed by atoms with Crippen LogP contribution in [0.25, 0.3) is 0 Å². The van der Waals surface area contributed by atoms with Crippen LogP contribution in [0.15, 0.2) is 18.2 Å². The first-order valence-electron chi connectivity index (χ1n) is 6.64. The molecule has 1 rings (SSSR count). The lowest BCUT2D eigenvalue weighted by molar-refractivity contribution is -0.116. The summed E-state index contributed by atoms with van der Waals surface area (Å²) in [6.07, 6.45) is 1.25. The molecule has 0 heterocycles. The van der Waals surface area contributed by atoms with Gasteiger partial charge >= 0.3 is 0 Å². The summed E-state index contributed by atoms with van der Waals surface area (Å²) in [5.74, 6) is -0.227. The van der Waals surface area contributed by atoms with E-state index >= 15 is 0 Å². The number of hydrogen-bond donors (Lipinski definition) is 1. The molecular weight excluding hydrogens is 312 g/mol. The summed E-state index contributed by atoms with van der Waals surface area (Å²) in [6.45, 7) is 5.57. The topological polar surface area (TPSA) is 66.5 Å². The lowest BCUT2D eigenvalue weighted by Gasteiger charge is -2.23. The minimum atomic E-state index is -3.31. The molecule has 0 spiro atoms. The molecule has 21 heavy (non-hydrogen) atoms. The Labute approximate surface area is 131 Å². The molecular formula is C14H21ClN2O3S. The molecule has 0 aliphatic heterocycles. The Morgan fingerprint density at radius 2 is 2.00 bits per heavy atom. The number of hydrogen-bond acceptors (Lipinski definition) is 3. The molecule has 0 bridgehead atoms. The Morgan fingerprint density at radius 3 is 2.48 bits per heavy atom. The van der Waals surface area contributed by atoms with Crippen LogP contribution >= 0.6 is 11.6 Å². The zero-order valence-electron chi connectivity index (χ0n) is 12.7. The van der Waals surface area contributed by atoms with Crippen LogP contribution in [0.2, 0.25) is 5.02 Å². The van der Waals surface area contributed by atoms with E-state index in [1.807, 2.05) is 6.92 Å². The summed E-state index contributed by atoms with van der Waals surface area (Å²) < 4.78 is 24.5. The molecule has 0 saturated carbocycles. The van der Waals surface area contributed by atoms with Crippen molar-refractivity contribution in [2.75, 3.05) is 18.1 Å². The third kappa shape index (κ3) is 5.65. The van der Waals surface area contributed by atoms with Crippen molar-refractivity contribution in [3.05, 3.63) is 28.8 Å². The predicted octanol–water partition coefficient (Wildman–Crippen LogP) is 2.65. The highest BCUT2D eigenvalue weighted by Gasteiger charge is 2.20. The molecule has 7 heteroatoms. The first-order valence-corrected chi connectivity index (χ1v) is 8.86. The van der Waals surface area contributed by atoms with Gasteiger partial charge in [0.25, 0.3) is 0 Å². The maximum atomic E-state index is 11.9. The quantitative estimate of drug-likeness (QED) is 0.870. The highest BCUT2D eigenvalue weighted by atomic mass is 35.5. The van der Waals surface area contributed by atoms with Crippen molar-refractivity contribution in [1.82, 2.24) is 4.31 Å². The minimum Gasteiger partial charge on any atom is -0.326 e. The number of nitrogens with zero attached hydrogens (tertiary/aromatic N) is 1. The van der Waals surface area contributed by atoms with Gasteiger partial charge in [0.05, 0.1) is 6.26 Å². The normalized spacial score (nSPS) is 12.0. The average Bonchev–Trinajstić information content (AvgIpc) is 2.30. The summed E-state index contributed by atoms with van der Waals surface area (Å²) in [6, 6.07) is 5.01. The Morgan fingerprint density at radius 1 is 1.38 bits per heavy atom. The van der Waals surface area contributed by atoms with Gasteiger partial charge in [0.15, 0.2) is 0 Å². The number of halogens is 1. The number of aryl methyl sites for hydroxylation is 1. The molecule has 1 N–H and O–H groups in total. The van der Waals surface area contributed by atoms with Gasteiger partial charge in [-0.15, -0.1) is 0 Å². The summed E-state index contributed by atoms with van der Waals surface area (Å²) in [5.41, 5.74) is 1.54. The highest BCUT2D eigenvalue weighted by Crippen LogP contribution is 2.19. The van der Waals surface area contributed by atoms with Gasteiger partial charge in [-0.25, -0.2) is 8.42 Å². The highest BCUT2D eigenvalue weighted by molar-refractivity contribution is 7.88. The maximum absolute atomic E-state index is 11.9. The van der Waals surface area contributed by atoms with Crippen LogP contribution in [-0.2, 0) is 14.8 Å². The molecule has 1 amide bonds. The number of rotatable bonds is 6. The van der Waals surface area contributed by atoms with E-state index in [0.29, 0.717) is 10.7 Å². The zero-order chi connectivity index (χ0) is 16.2. The number of amides is 1. The van der Waals surface area contributed by atoms with E-state index in [9.17, 15) is 13.2 Å². The monoisotopic (exact) mass is 332 g/mol. The van der Waals surface area contributed by atoms with Crippen molar-refractivity contribution >= 4 is 33.2 Å². The molecule has 5 nitrogen and oxygen atoms in total. The summed E-state index contributed by atoms with van der Waals surface area (Å²) >= 11 is 5.86. The van der Waals surface area contributed by atoms with Gasteiger partial charge in [0, 0.05) is 29.7 Å². The Balaban J connectivity index is 2.65. The van der Waals surface area contributed by atoms with Crippen LogP contribution < -0.4 is 5.32 Å². The SMILES string of the molecule is Cc1cc(Cl)ccc1NC(=O)CCN(C(C)C)S(C)(=O)=O. The van der Waals surface area contributed by atoms with Gasteiger partial charge in [-0.2, -0.15) is 4.31 Å². The fourth-order valence-electron chi connectivity index (χ4n) is 2.00. The number of sulfonamides is 1. The largest absolute Gasteiger partial charge is 0.326 e. The van der Waals surface area contributed by atoms with Gasteiger partial charge < -0.3 is 5.32 Å². The van der Waals surface area contributed by atoms with E-state index in [1.165, 1.54) is 4.31 Å². The van der Waals surface area contributed by atoms with E-state index in [2.05, 4.69) is 5.32 Å². The summed E-state index contributed by atoms with van der Waals surface area (Å²) in [4.78, 5) is 11.9. The third-order valence-corrected chi connectivity index (χ3v) is 4.72. The van der Waals surface area contributed by atoms with E-state index < -0.39 is 10.0 Å². The molecule has 0 aliphatic rings. The lowest BCUT2D eigenvalue weighted by atomic mass is 10.2. The van der Waals surface area contributed by atoms with E-state index in [4.69, 9.17) is 11.6 Å². The van der Waals surface area contributed by atoms with E-state index in [-0.39, 0.29) is 24.9 Å². The van der Waals surface area contributed by atoms with Crippen LogP contribution in [0.3, 0.4) is 0 Å². The number of nitrogens with one attached hydrogen (secondary N) is 1. The van der Waals surface area contributed by atoms with Crippen molar-refractivity contribution < 1.29 is 13.2 Å². The number of anilines is 1. The Hall–Kier alpha value is -1.11. The Bertz CT molecular complexity index is 615. The molecule has 1 aromatic rings. The molecule has 118 valence electrons. The standard InChI is InChI=1S/C14H21ClN2O3S/c1-10(2)17(21(4,19)20)8-7-14(18)16-13-6-5-12(15)9-11(13)3/h5-6,9-10H,7-8H2,1-4H3,(H,16,18). The van der Waals surface area contributed by atoms with Crippen LogP contribution in [0.5, 0.6) is 0 Å². The smallest absolute Gasteiger partial charge is 0.225 e. The van der Waals surface area contributed by atoms with Crippen LogP contribution in [0.1, 0.15) is 25.8 Å². The van der Waals surface area contributed by atoms with Crippen molar-refractivity contribution in [3.8, 4) is 0 Å². The third-order valence-electron chi connectivity index (χ3n) is 3.02. The van der Waals surface area contributed by atoms with Gasteiger partial charge in [0.1, 0.15) is 0 Å². The molecule has 0 atom stereocenters. The van der Waals surface area contributed by atoms with Crippen LogP contribution in [0, 0.1) is 6.92 Å². The van der Waals surface area contributed by atoms with Gasteiger partial charge in [-0.05, 0) is 44.5 Å². The average molecular weight is 333 g/mol. The number of benzene rings is 1. The fraction of sp³-hybridized carbons (Fsp3) is 0.500. The Kier molecular flexibility index (Phi) is 6.19. The molecule has 0 unspecified atom stereocenters. The van der Waals surface area contributed by atoms with Crippen molar-refractivity contribution in [2.45, 2.75) is 33.2 Å². The first-order chi connectivity index (χ1) is 9.61.